The lowest BCUT2D eigenvalue weighted by Crippen LogP contribution is -2.30. The second-order valence-electron chi connectivity index (χ2n) is 9.76. The van der Waals surface area contributed by atoms with Crippen molar-refractivity contribution in [1.29, 1.82) is 0 Å². The van der Waals surface area contributed by atoms with Crippen LogP contribution in [0.3, 0.4) is 0 Å². The molecular weight excluding hydrogens is 456 g/mol. The van der Waals surface area contributed by atoms with E-state index in [-0.39, 0.29) is 10.6 Å². The molecule has 0 spiro atoms. The normalized spacial score (nSPS) is 16.3. The summed E-state index contributed by atoms with van der Waals surface area (Å²) in [5, 5.41) is 21.6. The van der Waals surface area contributed by atoms with Crippen LogP contribution < -0.4 is 15.5 Å². The summed E-state index contributed by atoms with van der Waals surface area (Å²) in [6.07, 6.45) is 10.8. The Morgan fingerprint density at radius 3 is 1.75 bits per heavy atom. The summed E-state index contributed by atoms with van der Waals surface area (Å²) >= 11 is 0. The van der Waals surface area contributed by atoms with Crippen LogP contribution >= 0.6 is 0 Å². The van der Waals surface area contributed by atoms with Gasteiger partial charge in [-0.15, -0.1) is 0 Å². The lowest BCUT2D eigenvalue weighted by Gasteiger charge is -2.29. The van der Waals surface area contributed by atoms with Crippen molar-refractivity contribution in [2.75, 3.05) is 41.7 Å². The van der Waals surface area contributed by atoms with Gasteiger partial charge in [0.05, 0.1) is 39.7 Å². The van der Waals surface area contributed by atoms with Crippen molar-refractivity contribution in [3.63, 3.8) is 0 Å². The van der Waals surface area contributed by atoms with Crippen molar-refractivity contribution < 1.29 is 4.92 Å². The molecule has 0 aliphatic carbocycles. The average molecular weight is 491 g/mol. The zero-order valence-corrected chi connectivity index (χ0v) is 21.1. The zero-order valence-electron chi connectivity index (χ0n) is 21.1. The molecule has 2 aromatic carbocycles. The second kappa shape index (κ2) is 10.0. The molecular formula is C26H34N8O2. The van der Waals surface area contributed by atoms with Gasteiger partial charge in [-0.1, -0.05) is 0 Å². The SMILES string of the molecule is Cn1ncc2cc(N)c(N3CCCCC3)cc21.Cn1ncc2cc([N+](=O)[O-])c(N3CCCCC3)cc21. The van der Waals surface area contributed by atoms with Crippen LogP contribution in [0.2, 0.25) is 0 Å². The number of hydrogen-bond donors (Lipinski definition) is 1. The van der Waals surface area contributed by atoms with Crippen molar-refractivity contribution in [3.05, 3.63) is 46.8 Å². The van der Waals surface area contributed by atoms with Crippen LogP contribution in [-0.4, -0.2) is 50.7 Å². The van der Waals surface area contributed by atoms with Crippen LogP contribution in [0.15, 0.2) is 36.7 Å². The molecule has 36 heavy (non-hydrogen) atoms. The molecule has 2 N–H and O–H groups in total. The molecule has 10 heteroatoms. The number of fused-ring (bicyclic) bond motifs is 2. The Bertz CT molecular complexity index is 1380. The number of anilines is 3. The van der Waals surface area contributed by atoms with Crippen LogP contribution in [0.5, 0.6) is 0 Å². The maximum atomic E-state index is 11.3. The molecule has 2 aliphatic rings. The average Bonchev–Trinajstić information content (AvgIpc) is 3.45. The minimum Gasteiger partial charge on any atom is -0.397 e. The first-order valence-electron chi connectivity index (χ1n) is 12.7. The number of piperidine rings is 2. The predicted molar refractivity (Wildman–Crippen MR) is 145 cm³/mol. The van der Waals surface area contributed by atoms with Gasteiger partial charge in [-0.05, 0) is 56.7 Å². The Labute approximate surface area is 210 Å². The van der Waals surface area contributed by atoms with E-state index in [1.165, 1.54) is 31.4 Å². The van der Waals surface area contributed by atoms with Gasteiger partial charge in [-0.2, -0.15) is 10.2 Å². The van der Waals surface area contributed by atoms with Crippen molar-refractivity contribution in [2.45, 2.75) is 38.5 Å². The second-order valence-corrected chi connectivity index (χ2v) is 9.76. The van der Waals surface area contributed by atoms with Gasteiger partial charge in [-0.3, -0.25) is 19.5 Å². The molecule has 4 heterocycles. The van der Waals surface area contributed by atoms with Gasteiger partial charge in [-0.25, -0.2) is 0 Å². The quantitative estimate of drug-likeness (QED) is 0.253. The Morgan fingerprint density at radius 1 is 0.750 bits per heavy atom. The summed E-state index contributed by atoms with van der Waals surface area (Å²) < 4.78 is 3.66. The number of nitrogens with zero attached hydrogens (tertiary/aromatic N) is 7. The monoisotopic (exact) mass is 490 g/mol. The van der Waals surface area contributed by atoms with Gasteiger partial charge in [0, 0.05) is 57.1 Å². The van der Waals surface area contributed by atoms with E-state index in [0.717, 1.165) is 72.2 Å². The minimum absolute atomic E-state index is 0.183. The third kappa shape index (κ3) is 4.67. The van der Waals surface area contributed by atoms with Gasteiger partial charge in [0.15, 0.2) is 0 Å². The first-order valence-corrected chi connectivity index (χ1v) is 12.7. The van der Waals surface area contributed by atoms with Crippen LogP contribution in [0, 0.1) is 10.1 Å². The number of rotatable bonds is 3. The zero-order chi connectivity index (χ0) is 25.2. The van der Waals surface area contributed by atoms with Crippen LogP contribution in [0.25, 0.3) is 21.8 Å². The van der Waals surface area contributed by atoms with Gasteiger partial charge >= 0.3 is 0 Å². The van der Waals surface area contributed by atoms with Gasteiger partial charge < -0.3 is 15.5 Å². The largest absolute Gasteiger partial charge is 0.397 e. The molecule has 4 aromatic rings. The van der Waals surface area contributed by atoms with E-state index in [9.17, 15) is 10.1 Å². The number of nitrogens with two attached hydrogens (primary N) is 1. The fourth-order valence-corrected chi connectivity index (χ4v) is 5.33. The Hall–Kier alpha value is -3.82. The topological polar surface area (TPSA) is 111 Å². The van der Waals surface area contributed by atoms with E-state index >= 15 is 0 Å². The smallest absolute Gasteiger partial charge is 0.293 e. The highest BCUT2D eigenvalue weighted by molar-refractivity contribution is 5.89. The molecule has 2 aliphatic heterocycles. The molecule has 190 valence electrons. The standard InChI is InChI=1S/C13H16N4O2.C13H18N4/c1-15-11-8-12(16-5-3-2-4-6-16)13(17(18)19)7-10(11)9-14-15;1-16-12-8-13(17-5-3-2-4-6-17)11(14)7-10(12)9-15-16/h7-9H,2-6H2,1H3;7-9H,2-6,14H2,1H3. The van der Waals surface area contributed by atoms with E-state index in [1.807, 2.05) is 37.1 Å². The van der Waals surface area contributed by atoms with E-state index in [1.54, 1.807) is 16.9 Å². The van der Waals surface area contributed by atoms with Crippen LogP contribution in [0.4, 0.5) is 22.7 Å². The number of aryl methyl sites for hydroxylation is 2. The summed E-state index contributed by atoms with van der Waals surface area (Å²) in [5.74, 6) is 0. The number of aromatic nitrogens is 4. The van der Waals surface area contributed by atoms with Gasteiger partial charge in [0.2, 0.25) is 0 Å². The number of benzene rings is 2. The summed E-state index contributed by atoms with van der Waals surface area (Å²) in [4.78, 5) is 15.5. The summed E-state index contributed by atoms with van der Waals surface area (Å²) in [7, 11) is 3.83. The van der Waals surface area contributed by atoms with Crippen molar-refractivity contribution in [1.82, 2.24) is 19.6 Å². The summed E-state index contributed by atoms with van der Waals surface area (Å²) in [5.41, 5.74) is 11.2. The predicted octanol–water partition coefficient (Wildman–Crippen LogP) is 4.62. The maximum absolute atomic E-state index is 11.3. The molecule has 0 bridgehead atoms. The van der Waals surface area contributed by atoms with Crippen molar-refractivity contribution in [2.24, 2.45) is 14.1 Å². The molecule has 2 saturated heterocycles. The highest BCUT2D eigenvalue weighted by Crippen LogP contribution is 2.34. The Morgan fingerprint density at radius 2 is 1.22 bits per heavy atom. The lowest BCUT2D eigenvalue weighted by molar-refractivity contribution is -0.384. The lowest BCUT2D eigenvalue weighted by atomic mass is 10.1. The molecule has 0 radical (unpaired) electrons. The van der Waals surface area contributed by atoms with Gasteiger partial charge in [0.25, 0.3) is 5.69 Å². The number of nitro groups is 1. The molecule has 0 atom stereocenters. The van der Waals surface area contributed by atoms with Gasteiger partial charge in [0.1, 0.15) is 5.69 Å². The first kappa shape index (κ1) is 23.9. The summed E-state index contributed by atoms with van der Waals surface area (Å²) in [6.45, 7) is 4.02. The fourth-order valence-electron chi connectivity index (χ4n) is 5.33. The Balaban J connectivity index is 0.000000149. The number of nitro benzene ring substituents is 1. The van der Waals surface area contributed by atoms with E-state index in [2.05, 4.69) is 26.1 Å². The Kier molecular flexibility index (Phi) is 6.67. The van der Waals surface area contributed by atoms with Crippen molar-refractivity contribution >= 4 is 44.6 Å². The van der Waals surface area contributed by atoms with E-state index in [4.69, 9.17) is 5.73 Å². The molecule has 0 unspecified atom stereocenters. The number of nitrogen functional groups attached to an aromatic ring is 1. The van der Waals surface area contributed by atoms with Crippen LogP contribution in [-0.2, 0) is 14.1 Å². The highest BCUT2D eigenvalue weighted by Gasteiger charge is 2.23. The van der Waals surface area contributed by atoms with E-state index < -0.39 is 0 Å². The van der Waals surface area contributed by atoms with Crippen LogP contribution in [0.1, 0.15) is 38.5 Å². The maximum Gasteiger partial charge on any atom is 0.293 e. The third-order valence-electron chi connectivity index (χ3n) is 7.33. The van der Waals surface area contributed by atoms with Crippen molar-refractivity contribution in [3.8, 4) is 0 Å². The molecule has 10 nitrogen and oxygen atoms in total. The first-order chi connectivity index (χ1) is 17.4. The third-order valence-corrected chi connectivity index (χ3v) is 7.33. The van der Waals surface area contributed by atoms with E-state index in [0.29, 0.717) is 0 Å². The molecule has 2 fully saturated rings. The fraction of sp³-hybridized carbons (Fsp3) is 0.462. The number of hydrogen-bond acceptors (Lipinski definition) is 7. The highest BCUT2D eigenvalue weighted by atomic mass is 16.6. The molecule has 0 amide bonds. The molecule has 2 aromatic heterocycles. The minimum atomic E-state index is -0.295. The summed E-state index contributed by atoms with van der Waals surface area (Å²) in [6, 6.07) is 7.73. The molecule has 0 saturated carbocycles. The molecule has 6 rings (SSSR count).